The summed E-state index contributed by atoms with van der Waals surface area (Å²) in [6.07, 6.45) is 24.4. The minimum absolute atomic E-state index is 0.0471. The van der Waals surface area contributed by atoms with Crippen molar-refractivity contribution in [1.82, 2.24) is 9.80 Å². The average molecular weight is 1130 g/mol. The number of likely N-dealkylation sites (tertiary alicyclic amines) is 1. The lowest BCUT2D eigenvalue weighted by molar-refractivity contribution is -0.157. The third-order valence-electron chi connectivity index (χ3n) is 14.2. The maximum atomic E-state index is 13.8. The summed E-state index contributed by atoms with van der Waals surface area (Å²) < 4.78 is 45.1. The number of carbonyl (C=O) groups excluding carboxylic acids is 7. The number of unbranched alkanes of at least 4 members (excludes halogenated alkanes) is 20. The molecule has 1 aliphatic rings. The molecule has 460 valence electrons. The van der Waals surface area contributed by atoms with Crippen molar-refractivity contribution in [2.75, 3.05) is 86.1 Å². The lowest BCUT2D eigenvalue weighted by Crippen LogP contribution is -2.40. The summed E-state index contributed by atoms with van der Waals surface area (Å²) in [5.74, 6) is -4.19. The summed E-state index contributed by atoms with van der Waals surface area (Å²) >= 11 is 0. The van der Waals surface area contributed by atoms with Crippen molar-refractivity contribution in [3.05, 3.63) is 0 Å². The lowest BCUT2D eigenvalue weighted by atomic mass is 10.1. The molecule has 0 aromatic heterocycles. The molecule has 0 saturated carbocycles. The molecular formula is C61H110N2O16. The number of hydrogen-bond donors (Lipinski definition) is 1. The SMILES string of the molecule is CCCCCCCCC(=O)OCC(COC(=O)CCCCCCCC)CC(=O)OC[C@@H]1C[C@@H](OC(=O)CC(COC(=O)CCCCCCCC)COC(=O)CCCCCCCC)CN1C(=O)OCCCN(CCCO)CCOC. The zero-order valence-corrected chi connectivity index (χ0v) is 50.1. The number of carbonyl (C=O) groups is 7. The molecular weight excluding hydrogens is 1020 g/mol. The van der Waals surface area contributed by atoms with Crippen LogP contribution in [0.3, 0.4) is 0 Å². The quantitative estimate of drug-likeness (QED) is 0.0340. The van der Waals surface area contributed by atoms with E-state index >= 15 is 0 Å². The number of hydrogen-bond acceptors (Lipinski definition) is 17. The molecule has 0 bridgehead atoms. The smallest absolute Gasteiger partial charge is 0.410 e. The summed E-state index contributed by atoms with van der Waals surface area (Å²) in [5.41, 5.74) is 0. The molecule has 18 nitrogen and oxygen atoms in total. The third kappa shape index (κ3) is 41.6. The van der Waals surface area contributed by atoms with Crippen molar-refractivity contribution >= 4 is 41.9 Å². The standard InChI is InChI=1S/C61H110N2O16/c1-6-10-14-18-22-26-32-55(65)74-46-51(47-75-56(66)33-27-23-19-15-11-7-2)42-59(69)78-50-53-44-54(45-63(53)61(71)73-40-31-37-62(36-30-39-64)38-41-72-5)79-60(70)43-52(48-76-57(67)34-28-24-20-16-12-8-3)49-77-58(68)35-29-25-21-17-13-9-4/h51-54,64H,6-50H2,1-5H3/t53-,54+/m0/s1. The average Bonchev–Trinajstić information content (AvgIpc) is 3.87. The lowest BCUT2D eigenvalue weighted by Gasteiger charge is -2.25. The Morgan fingerprint density at radius 1 is 0.456 bits per heavy atom. The second-order valence-corrected chi connectivity index (χ2v) is 21.7. The van der Waals surface area contributed by atoms with E-state index in [0.717, 1.165) is 128 Å². The van der Waals surface area contributed by atoms with Gasteiger partial charge < -0.3 is 47.9 Å². The molecule has 1 fully saturated rings. The van der Waals surface area contributed by atoms with E-state index in [1.807, 2.05) is 0 Å². The highest BCUT2D eigenvalue weighted by atomic mass is 16.6. The molecule has 0 aromatic rings. The Labute approximate surface area is 476 Å². The summed E-state index contributed by atoms with van der Waals surface area (Å²) in [7, 11) is 1.62. The van der Waals surface area contributed by atoms with Crippen molar-refractivity contribution in [2.24, 2.45) is 11.8 Å². The van der Waals surface area contributed by atoms with Gasteiger partial charge in [0.25, 0.3) is 0 Å². The molecule has 1 heterocycles. The van der Waals surface area contributed by atoms with Crippen LogP contribution in [0.5, 0.6) is 0 Å². The Kier molecular flexibility index (Phi) is 47.0. The number of ether oxygens (including phenoxy) is 8. The van der Waals surface area contributed by atoms with E-state index in [2.05, 4.69) is 32.6 Å². The topological polar surface area (TPSA) is 220 Å². The van der Waals surface area contributed by atoms with E-state index in [1.54, 1.807) is 7.11 Å². The summed E-state index contributed by atoms with van der Waals surface area (Å²) in [4.78, 5) is 95.7. The van der Waals surface area contributed by atoms with Crippen molar-refractivity contribution in [3.8, 4) is 0 Å². The first-order chi connectivity index (χ1) is 38.4. The van der Waals surface area contributed by atoms with Crippen LogP contribution in [-0.2, 0) is 66.7 Å². The van der Waals surface area contributed by atoms with Gasteiger partial charge in [-0.05, 0) is 38.5 Å². The molecule has 0 aliphatic carbocycles. The maximum absolute atomic E-state index is 13.8. The van der Waals surface area contributed by atoms with Gasteiger partial charge in [0.2, 0.25) is 0 Å². The van der Waals surface area contributed by atoms with Crippen LogP contribution in [0.2, 0.25) is 0 Å². The summed E-state index contributed by atoms with van der Waals surface area (Å²) in [6.45, 7) is 10.2. The third-order valence-corrected chi connectivity index (χ3v) is 14.2. The van der Waals surface area contributed by atoms with Gasteiger partial charge in [0, 0.05) is 77.3 Å². The zero-order chi connectivity index (χ0) is 58.0. The Balaban J connectivity index is 3.16. The first-order valence-corrected chi connectivity index (χ1v) is 31.1. The second-order valence-electron chi connectivity index (χ2n) is 21.7. The van der Waals surface area contributed by atoms with Crippen LogP contribution in [0.4, 0.5) is 4.79 Å². The summed E-state index contributed by atoms with van der Waals surface area (Å²) in [5, 5.41) is 9.39. The van der Waals surface area contributed by atoms with E-state index in [4.69, 9.17) is 37.9 Å². The monoisotopic (exact) mass is 1130 g/mol. The van der Waals surface area contributed by atoms with Crippen LogP contribution in [0, 0.1) is 11.8 Å². The van der Waals surface area contributed by atoms with E-state index in [1.165, 1.54) is 4.90 Å². The highest BCUT2D eigenvalue weighted by Gasteiger charge is 2.39. The fraction of sp³-hybridized carbons (Fsp3) is 0.885. The molecule has 18 heteroatoms. The number of methoxy groups -OCH3 is 1. The van der Waals surface area contributed by atoms with Gasteiger partial charge >= 0.3 is 41.9 Å². The van der Waals surface area contributed by atoms with Gasteiger partial charge in [0.1, 0.15) is 12.7 Å². The molecule has 1 amide bonds. The van der Waals surface area contributed by atoms with Crippen LogP contribution in [0.1, 0.15) is 240 Å². The van der Waals surface area contributed by atoms with Crippen LogP contribution in [0.15, 0.2) is 0 Å². The van der Waals surface area contributed by atoms with Gasteiger partial charge in [-0.15, -0.1) is 0 Å². The Morgan fingerprint density at radius 2 is 0.848 bits per heavy atom. The molecule has 1 saturated heterocycles. The van der Waals surface area contributed by atoms with Crippen molar-refractivity contribution in [3.63, 3.8) is 0 Å². The number of amides is 1. The van der Waals surface area contributed by atoms with Crippen molar-refractivity contribution < 1.29 is 76.6 Å². The minimum Gasteiger partial charge on any atom is -0.465 e. The van der Waals surface area contributed by atoms with Gasteiger partial charge in [0.05, 0.1) is 65.1 Å². The normalized spacial score (nSPS) is 14.2. The Hall–Kier alpha value is -4.03. The van der Waals surface area contributed by atoms with Crippen LogP contribution in [0.25, 0.3) is 0 Å². The first kappa shape index (κ1) is 73.0. The molecule has 79 heavy (non-hydrogen) atoms. The number of aliphatic hydroxyl groups excluding tert-OH is 1. The highest BCUT2D eigenvalue weighted by Crippen LogP contribution is 2.24. The second kappa shape index (κ2) is 50.9. The molecule has 0 spiro atoms. The predicted octanol–water partition coefficient (Wildman–Crippen LogP) is 11.6. The number of esters is 6. The van der Waals surface area contributed by atoms with Gasteiger partial charge in [-0.1, -0.05) is 156 Å². The van der Waals surface area contributed by atoms with Crippen LogP contribution in [-0.4, -0.2) is 155 Å². The molecule has 0 radical (unpaired) electrons. The molecule has 1 aliphatic heterocycles. The van der Waals surface area contributed by atoms with Crippen molar-refractivity contribution in [1.29, 1.82) is 0 Å². The largest absolute Gasteiger partial charge is 0.465 e. The van der Waals surface area contributed by atoms with E-state index in [-0.39, 0.29) is 122 Å². The molecule has 1 N–H and O–H groups in total. The van der Waals surface area contributed by atoms with Crippen molar-refractivity contribution in [2.45, 2.75) is 252 Å². The van der Waals surface area contributed by atoms with Gasteiger partial charge in [-0.25, -0.2) is 4.79 Å². The highest BCUT2D eigenvalue weighted by molar-refractivity contribution is 5.73. The molecule has 2 atom stereocenters. The van der Waals surface area contributed by atoms with E-state index in [0.29, 0.717) is 64.8 Å². The number of rotatable bonds is 53. The van der Waals surface area contributed by atoms with Crippen LogP contribution >= 0.6 is 0 Å². The van der Waals surface area contributed by atoms with Crippen LogP contribution < -0.4 is 0 Å². The van der Waals surface area contributed by atoms with Gasteiger partial charge in [-0.2, -0.15) is 0 Å². The minimum atomic E-state index is -0.817. The Bertz CT molecular complexity index is 1510. The maximum Gasteiger partial charge on any atom is 0.410 e. The first-order valence-electron chi connectivity index (χ1n) is 31.1. The number of aliphatic hydroxyl groups is 1. The predicted molar refractivity (Wildman–Crippen MR) is 304 cm³/mol. The number of nitrogens with zero attached hydrogens (tertiary/aromatic N) is 2. The van der Waals surface area contributed by atoms with E-state index in [9.17, 15) is 38.7 Å². The molecule has 0 unspecified atom stereocenters. The molecule has 1 rings (SSSR count). The fourth-order valence-electron chi connectivity index (χ4n) is 9.34. The summed E-state index contributed by atoms with van der Waals surface area (Å²) in [6, 6.07) is -0.748. The van der Waals surface area contributed by atoms with Gasteiger partial charge in [-0.3, -0.25) is 33.7 Å². The Morgan fingerprint density at radius 3 is 1.25 bits per heavy atom. The molecule has 0 aromatic carbocycles. The zero-order valence-electron chi connectivity index (χ0n) is 50.1. The van der Waals surface area contributed by atoms with Gasteiger partial charge in [0.15, 0.2) is 0 Å². The fourth-order valence-corrected chi connectivity index (χ4v) is 9.34. The van der Waals surface area contributed by atoms with E-state index < -0.39 is 42.0 Å².